The lowest BCUT2D eigenvalue weighted by Gasteiger charge is -1.95. The molecule has 44 valence electrons. The average Bonchev–Trinajstić information content (AvgIpc) is 1.36. The van der Waals surface area contributed by atoms with Crippen LogP contribution in [0.25, 0.3) is 0 Å². The molecule has 1 nitrogen and oxygen atoms in total. The monoisotopic (exact) mass is 113 g/mol. The zero-order valence-corrected chi connectivity index (χ0v) is 3.16. The first-order chi connectivity index (χ1) is 2.64. The Morgan fingerprint density at radius 3 is 1.57 bits per heavy atom. The predicted molar refractivity (Wildman–Crippen MR) is 24.6 cm³/mol. The maximum atomic E-state index is 11.0. The van der Waals surface area contributed by atoms with Crippen LogP contribution in [0, 0.1) is 0 Å². The van der Waals surface area contributed by atoms with Crippen LogP contribution in [0.2, 0.25) is 0 Å². The smallest absolute Gasteiger partial charge is 0.209 e. The van der Waals surface area contributed by atoms with Crippen LogP contribution in [0.3, 0.4) is 0 Å². The van der Waals surface area contributed by atoms with Gasteiger partial charge in [0.1, 0.15) is 0 Å². The van der Waals surface area contributed by atoms with Gasteiger partial charge in [-0.05, 0) is 6.92 Å². The summed E-state index contributed by atoms with van der Waals surface area (Å²) in [6.45, 7) is 0.750. The lowest BCUT2D eigenvalue weighted by atomic mass is 10.8. The largest absolute Gasteiger partial charge is 0.225 e. The van der Waals surface area contributed by atoms with E-state index in [9.17, 15) is 13.4 Å². The predicted octanol–water partition coefficient (Wildman–Crippen LogP) is 0.189. The van der Waals surface area contributed by atoms with E-state index in [0.29, 0.717) is 0 Å². The van der Waals surface area contributed by atoms with Gasteiger partial charge >= 0.3 is 0 Å². The van der Waals surface area contributed by atoms with Crippen molar-refractivity contribution in [2.24, 2.45) is 0 Å². The van der Waals surface area contributed by atoms with Crippen molar-refractivity contribution < 1.29 is 13.4 Å². The Morgan fingerprint density at radius 1 is 1.43 bits per heavy atom. The van der Waals surface area contributed by atoms with E-state index in [1.54, 1.807) is 0 Å². The van der Waals surface area contributed by atoms with Crippen molar-refractivity contribution in [3.63, 3.8) is 0 Å². The van der Waals surface area contributed by atoms with Crippen molar-refractivity contribution in [3.8, 4) is 0 Å². The van der Waals surface area contributed by atoms with E-state index in [0.717, 1.165) is 6.92 Å². The molecule has 0 N–H and O–H groups in total. The van der Waals surface area contributed by atoms with Crippen LogP contribution in [-0.4, -0.2) is 20.1 Å². The molecule has 5 heteroatoms. The Labute approximate surface area is 41.6 Å². The van der Waals surface area contributed by atoms with Gasteiger partial charge in [0.25, 0.3) is 0 Å². The van der Waals surface area contributed by atoms with Crippen molar-refractivity contribution in [2.75, 3.05) is 0 Å². The van der Waals surface area contributed by atoms with Gasteiger partial charge in [-0.2, -0.15) is 0 Å². The van der Waals surface area contributed by atoms with Crippen LogP contribution in [0.15, 0.2) is 0 Å². The fraction of sp³-hybridized carbons (Fsp3) is 1.00. The topological polar surface area (TPSA) is 3.24 Å². The molecule has 1 atom stereocenters. The van der Waals surface area contributed by atoms with Crippen LogP contribution in [0.5, 0.6) is 0 Å². The van der Waals surface area contributed by atoms with Gasteiger partial charge in [0.05, 0.1) is 13.8 Å². The van der Waals surface area contributed by atoms with E-state index >= 15 is 0 Å². The molecule has 0 radical (unpaired) electrons. The highest BCUT2D eigenvalue weighted by Gasteiger charge is 2.06. The molecule has 0 rings (SSSR count). The third-order valence-electron chi connectivity index (χ3n) is 0.269. The molecule has 0 aliphatic carbocycles. The Morgan fingerprint density at radius 2 is 1.57 bits per heavy atom. The summed E-state index contributed by atoms with van der Waals surface area (Å²) in [6, 6.07) is 0. The molecule has 1 unspecified atom stereocenters. The average molecular weight is 113 g/mol. The van der Waals surface area contributed by atoms with Crippen molar-refractivity contribution >= 4 is 8.41 Å². The van der Waals surface area contributed by atoms with Gasteiger partial charge in [-0.25, -0.2) is 4.39 Å². The lowest BCUT2D eigenvalue weighted by molar-refractivity contribution is -0.217. The zero-order chi connectivity index (χ0) is 5.15. The first-order valence-corrected chi connectivity index (χ1v) is 1.39. The van der Waals surface area contributed by atoms with Crippen LogP contribution >= 0.6 is 0 Å². The highest BCUT2D eigenvalue weighted by atomic mass is 19.4. The minimum Gasteiger partial charge on any atom is -0.225 e. The molecule has 0 bridgehead atoms. The van der Waals surface area contributed by atoms with Gasteiger partial charge < -0.3 is 0 Å². The summed E-state index contributed by atoms with van der Waals surface area (Å²) >= 11 is 0. The molecule has 0 aliphatic heterocycles. The maximum absolute atomic E-state index is 11.0. The second kappa shape index (κ2) is 3.99. The number of alkyl halides is 1. The molecule has 7 heavy (non-hydrogen) atoms. The first-order valence-electron chi connectivity index (χ1n) is 1.39. The summed E-state index contributed by atoms with van der Waals surface area (Å²) in [5.74, 6) is 0. The summed E-state index contributed by atoms with van der Waals surface area (Å²) in [5.41, 5.74) is 0. The molecular weight excluding hydrogens is 106 g/mol. The quantitative estimate of drug-likeness (QED) is 0.266. The Hall–Kier alpha value is -0.185. The third kappa shape index (κ3) is 5.81. The number of hydrogen-bond donors (Lipinski definition) is 0. The van der Waals surface area contributed by atoms with E-state index in [-0.39, 0.29) is 8.41 Å². The van der Waals surface area contributed by atoms with Gasteiger partial charge in [0.15, 0.2) is 0 Å². The second-order valence-corrected chi connectivity index (χ2v) is 0.833. The van der Waals surface area contributed by atoms with Crippen molar-refractivity contribution in [1.82, 2.24) is 5.34 Å². The normalized spacial score (nSPS) is 13.3. The molecule has 0 heterocycles. The fourth-order valence-electron chi connectivity index (χ4n) is 0. The number of hydrogen-bond acceptors (Lipinski definition) is 1. The van der Waals surface area contributed by atoms with E-state index in [1.807, 2.05) is 0 Å². The summed E-state index contributed by atoms with van der Waals surface area (Å²) in [4.78, 5) is 0. The maximum Gasteiger partial charge on any atom is 0.209 e. The van der Waals surface area contributed by atoms with Gasteiger partial charge in [0, 0.05) is 0 Å². The van der Waals surface area contributed by atoms with Gasteiger partial charge in [-0.15, -0.1) is 0 Å². The second-order valence-electron chi connectivity index (χ2n) is 0.833. The Kier molecular flexibility index (Phi) is 5.66. The highest BCUT2D eigenvalue weighted by molar-refractivity contribution is 5.75. The van der Waals surface area contributed by atoms with Crippen molar-refractivity contribution in [2.45, 2.75) is 13.2 Å². The molecule has 0 amide bonds. The molecule has 0 aliphatic rings. The van der Waals surface area contributed by atoms with Gasteiger partial charge in [0.2, 0.25) is 6.30 Å². The van der Waals surface area contributed by atoms with Crippen LogP contribution in [-0.2, 0) is 0 Å². The Bertz CT molecular complexity index is 33.9. The van der Waals surface area contributed by atoms with Crippen molar-refractivity contribution in [1.29, 1.82) is 0 Å². The van der Waals surface area contributed by atoms with E-state index in [4.69, 9.17) is 0 Å². The van der Waals surface area contributed by atoms with Crippen molar-refractivity contribution in [3.05, 3.63) is 0 Å². The van der Waals surface area contributed by atoms with Gasteiger partial charge in [-0.3, -0.25) is 0 Å². The SMILES string of the molecule is B.CC(F)N(F)F. The van der Waals surface area contributed by atoms with E-state index in [1.165, 1.54) is 0 Å². The molecule has 0 spiro atoms. The Balaban J connectivity index is 0. The van der Waals surface area contributed by atoms with Crippen LogP contribution in [0.4, 0.5) is 13.4 Å². The standard InChI is InChI=1S/C2H4F3N.BH3/c1-2(3)6(4)5;/h2H,1H3;1H3. The molecule has 0 aromatic heterocycles. The zero-order valence-electron chi connectivity index (χ0n) is 3.16. The van der Waals surface area contributed by atoms with Gasteiger partial charge in [-0.1, -0.05) is 8.96 Å². The van der Waals surface area contributed by atoms with Crippen LogP contribution in [0.1, 0.15) is 6.92 Å². The molecule has 0 saturated carbocycles. The molecule has 0 saturated heterocycles. The molecule has 0 aromatic rings. The molecular formula is C2H7BF3N. The summed E-state index contributed by atoms with van der Waals surface area (Å²) in [7, 11) is 0. The fourth-order valence-corrected chi connectivity index (χ4v) is 0. The summed E-state index contributed by atoms with van der Waals surface area (Å²) in [6.07, 6.45) is -2.15. The minimum absolute atomic E-state index is 0. The lowest BCUT2D eigenvalue weighted by Crippen LogP contribution is -2.08. The minimum atomic E-state index is -2.15. The molecule has 0 aromatic carbocycles. The van der Waals surface area contributed by atoms with E-state index < -0.39 is 11.6 Å². The van der Waals surface area contributed by atoms with E-state index in [2.05, 4.69) is 0 Å². The number of rotatable bonds is 1. The third-order valence-corrected chi connectivity index (χ3v) is 0.269. The van der Waals surface area contributed by atoms with Crippen LogP contribution < -0.4 is 0 Å². The highest BCUT2D eigenvalue weighted by Crippen LogP contribution is 1.98. The summed E-state index contributed by atoms with van der Waals surface area (Å²) in [5, 5.41) is -1.50. The number of nitrogens with zero attached hydrogens (tertiary/aromatic N) is 1. The molecule has 0 fully saturated rings. The number of halogens is 3. The first kappa shape index (κ1) is 9.94. The summed E-state index contributed by atoms with van der Waals surface area (Å²) < 4.78 is 32.2.